The molecule has 0 unspecified atom stereocenters. The molecule has 4 rings (SSSR count). The molecule has 10 heteroatoms. The molecule has 0 atom stereocenters. The van der Waals surface area contributed by atoms with Crippen LogP contribution in [0.15, 0.2) is 36.8 Å². The van der Waals surface area contributed by atoms with Crippen LogP contribution in [-0.4, -0.2) is 36.8 Å². The summed E-state index contributed by atoms with van der Waals surface area (Å²) in [6.07, 6.45) is 4.83. The lowest BCUT2D eigenvalue weighted by atomic mass is 10.1. The molecule has 0 fully saturated rings. The van der Waals surface area contributed by atoms with Crippen molar-refractivity contribution in [1.82, 2.24) is 29.4 Å². The zero-order valence-corrected chi connectivity index (χ0v) is 19.5. The van der Waals surface area contributed by atoms with E-state index in [-0.39, 0.29) is 11.1 Å². The highest BCUT2D eigenvalue weighted by molar-refractivity contribution is 6.28. The molecule has 0 aliphatic carbocycles. The fourth-order valence-corrected chi connectivity index (χ4v) is 3.96. The van der Waals surface area contributed by atoms with Crippen LogP contribution in [0.4, 0.5) is 10.6 Å². The maximum Gasteiger partial charge on any atom is 0.407 e. The van der Waals surface area contributed by atoms with Crippen LogP contribution in [-0.2, 0) is 24.4 Å². The Morgan fingerprint density at radius 1 is 1.21 bits per heavy atom. The van der Waals surface area contributed by atoms with Crippen molar-refractivity contribution >= 4 is 45.6 Å². The maximum atomic E-state index is 12.0. The summed E-state index contributed by atoms with van der Waals surface area (Å²) < 4.78 is 9.42. The smallest absolute Gasteiger partial charge is 0.407 e. The Labute approximate surface area is 196 Å². The van der Waals surface area contributed by atoms with Gasteiger partial charge in [0.25, 0.3) is 0 Å². The van der Waals surface area contributed by atoms with E-state index in [1.807, 2.05) is 10.6 Å². The Bertz CT molecular complexity index is 1260. The minimum absolute atomic E-state index is 0.0917. The molecular weight excluding hydrogens is 442 g/mol. The summed E-state index contributed by atoms with van der Waals surface area (Å²) in [5.41, 5.74) is 9.19. The number of fused-ring (bicyclic) bond motifs is 2. The average Bonchev–Trinajstić information content (AvgIpc) is 3.35. The quantitative estimate of drug-likeness (QED) is 0.278. The molecule has 1 amide bonds. The van der Waals surface area contributed by atoms with Gasteiger partial charge in [0.05, 0.1) is 12.9 Å². The van der Waals surface area contributed by atoms with Gasteiger partial charge in [-0.25, -0.2) is 9.78 Å². The van der Waals surface area contributed by atoms with Crippen molar-refractivity contribution in [3.05, 3.63) is 47.6 Å². The first-order valence-corrected chi connectivity index (χ1v) is 11.4. The van der Waals surface area contributed by atoms with Crippen molar-refractivity contribution in [3.63, 3.8) is 0 Å². The molecule has 0 bridgehead atoms. The zero-order valence-electron chi connectivity index (χ0n) is 18.8. The topological polar surface area (TPSA) is 113 Å². The molecule has 33 heavy (non-hydrogen) atoms. The summed E-state index contributed by atoms with van der Waals surface area (Å²) in [4.78, 5) is 24.4. The SMILES string of the molecule is CC(C)Cn1ccc2cc(CNC(=O)OCCCCn3cnc4c(N)nc(Cl)nc43)ccc21. The third kappa shape index (κ3) is 5.54. The molecule has 1 aromatic carbocycles. The summed E-state index contributed by atoms with van der Waals surface area (Å²) in [7, 11) is 0. The minimum atomic E-state index is -0.423. The van der Waals surface area contributed by atoms with Crippen molar-refractivity contribution in [1.29, 1.82) is 0 Å². The number of imidazole rings is 1. The van der Waals surface area contributed by atoms with E-state index in [0.29, 0.717) is 43.2 Å². The minimum Gasteiger partial charge on any atom is -0.450 e. The fraction of sp³-hybridized carbons (Fsp3) is 0.391. The number of unbranched alkanes of at least 4 members (excludes halogenated alkanes) is 1. The number of nitrogens with zero attached hydrogens (tertiary/aromatic N) is 5. The van der Waals surface area contributed by atoms with E-state index in [4.69, 9.17) is 22.1 Å². The van der Waals surface area contributed by atoms with Crippen LogP contribution in [0.25, 0.3) is 22.1 Å². The Morgan fingerprint density at radius 3 is 2.88 bits per heavy atom. The van der Waals surface area contributed by atoms with Gasteiger partial charge in [0.2, 0.25) is 5.28 Å². The van der Waals surface area contributed by atoms with Gasteiger partial charge in [-0.15, -0.1) is 0 Å². The van der Waals surface area contributed by atoms with Crippen molar-refractivity contribution in [2.75, 3.05) is 12.3 Å². The van der Waals surface area contributed by atoms with Crippen LogP contribution in [0.5, 0.6) is 0 Å². The lowest BCUT2D eigenvalue weighted by molar-refractivity contribution is 0.143. The number of alkyl carbamates (subject to hydrolysis) is 1. The molecule has 0 aliphatic heterocycles. The average molecular weight is 470 g/mol. The Balaban J connectivity index is 1.20. The molecule has 0 aliphatic rings. The molecule has 3 aromatic heterocycles. The van der Waals surface area contributed by atoms with Crippen LogP contribution >= 0.6 is 11.6 Å². The van der Waals surface area contributed by atoms with Crippen LogP contribution in [0.2, 0.25) is 5.28 Å². The molecule has 9 nitrogen and oxygen atoms in total. The second-order valence-electron chi connectivity index (χ2n) is 8.44. The van der Waals surface area contributed by atoms with E-state index in [2.05, 4.69) is 63.1 Å². The first-order chi connectivity index (χ1) is 15.9. The number of ether oxygens (including phenoxy) is 1. The monoisotopic (exact) mass is 469 g/mol. The molecule has 174 valence electrons. The summed E-state index contributed by atoms with van der Waals surface area (Å²) in [6, 6.07) is 8.35. The third-order valence-electron chi connectivity index (χ3n) is 5.32. The fourth-order valence-electron chi connectivity index (χ4n) is 3.79. The van der Waals surface area contributed by atoms with E-state index in [1.54, 1.807) is 6.33 Å². The number of nitrogens with two attached hydrogens (primary N) is 1. The van der Waals surface area contributed by atoms with Crippen molar-refractivity contribution in [2.45, 2.75) is 46.3 Å². The largest absolute Gasteiger partial charge is 0.450 e. The number of amides is 1. The molecule has 3 heterocycles. The van der Waals surface area contributed by atoms with Crippen LogP contribution < -0.4 is 11.1 Å². The van der Waals surface area contributed by atoms with Gasteiger partial charge in [-0.05, 0) is 59.5 Å². The van der Waals surface area contributed by atoms with Crippen molar-refractivity contribution in [3.8, 4) is 0 Å². The predicted molar refractivity (Wildman–Crippen MR) is 129 cm³/mol. The normalized spacial score (nSPS) is 11.5. The number of nitrogens with one attached hydrogen (secondary N) is 1. The lowest BCUT2D eigenvalue weighted by Gasteiger charge is -2.10. The third-order valence-corrected chi connectivity index (χ3v) is 5.49. The molecule has 3 N–H and O–H groups in total. The van der Waals surface area contributed by atoms with Gasteiger partial charge in [-0.3, -0.25) is 0 Å². The number of carbonyl (C=O) groups is 1. The first kappa shape index (κ1) is 22.8. The molecule has 0 spiro atoms. The van der Waals surface area contributed by atoms with Gasteiger partial charge in [0.15, 0.2) is 11.5 Å². The summed E-state index contributed by atoms with van der Waals surface area (Å²) >= 11 is 5.88. The number of aryl methyl sites for hydroxylation is 1. The number of rotatable bonds is 9. The van der Waals surface area contributed by atoms with Gasteiger partial charge < -0.3 is 24.9 Å². The van der Waals surface area contributed by atoms with E-state index < -0.39 is 6.09 Å². The highest BCUT2D eigenvalue weighted by Gasteiger charge is 2.10. The van der Waals surface area contributed by atoms with Gasteiger partial charge in [0.1, 0.15) is 5.52 Å². The molecule has 0 saturated carbocycles. The number of hydrogen-bond donors (Lipinski definition) is 2. The molecule has 4 aromatic rings. The number of anilines is 1. The summed E-state index contributed by atoms with van der Waals surface area (Å²) in [6.45, 7) is 6.80. The van der Waals surface area contributed by atoms with E-state index in [0.717, 1.165) is 18.5 Å². The second-order valence-corrected chi connectivity index (χ2v) is 8.78. The van der Waals surface area contributed by atoms with Crippen LogP contribution in [0.1, 0.15) is 32.3 Å². The number of nitrogen functional groups attached to an aromatic ring is 1. The number of carbonyl (C=O) groups excluding carboxylic acids is 1. The van der Waals surface area contributed by atoms with Crippen molar-refractivity contribution < 1.29 is 9.53 Å². The maximum absolute atomic E-state index is 12.0. The Morgan fingerprint density at radius 2 is 2.06 bits per heavy atom. The van der Waals surface area contributed by atoms with E-state index in [9.17, 15) is 4.79 Å². The Hall–Kier alpha value is -3.33. The van der Waals surface area contributed by atoms with Gasteiger partial charge in [-0.1, -0.05) is 19.9 Å². The molecular formula is C23H28ClN7O2. The number of aromatic nitrogens is 5. The Kier molecular flexibility index (Phi) is 6.98. The highest BCUT2D eigenvalue weighted by atomic mass is 35.5. The van der Waals surface area contributed by atoms with E-state index >= 15 is 0 Å². The van der Waals surface area contributed by atoms with Crippen molar-refractivity contribution in [2.24, 2.45) is 5.92 Å². The number of halogens is 1. The number of hydrogen-bond acceptors (Lipinski definition) is 6. The second kappa shape index (κ2) is 10.1. The summed E-state index contributed by atoms with van der Waals surface area (Å²) in [5.74, 6) is 0.846. The van der Waals surface area contributed by atoms with Crippen LogP contribution in [0.3, 0.4) is 0 Å². The van der Waals surface area contributed by atoms with Crippen LogP contribution in [0, 0.1) is 5.92 Å². The van der Waals surface area contributed by atoms with Gasteiger partial charge >= 0.3 is 6.09 Å². The van der Waals surface area contributed by atoms with E-state index in [1.165, 1.54) is 10.9 Å². The standard InChI is InChI=1S/C23H28ClN7O2/c1-15(2)13-30-9-7-17-11-16(5-6-18(17)30)12-26-23(32)33-10-4-3-8-31-14-27-19-20(25)28-22(24)29-21(19)31/h5-7,9,11,14-15H,3-4,8,10,12-13H2,1-2H3,(H,26,32)(H2,25,28,29). The predicted octanol–water partition coefficient (Wildman–Crippen LogP) is 4.38. The summed E-state index contributed by atoms with van der Waals surface area (Å²) in [5, 5.41) is 4.08. The molecule has 0 radical (unpaired) electrons. The molecule has 0 saturated heterocycles. The zero-order chi connectivity index (χ0) is 23.4. The lowest BCUT2D eigenvalue weighted by Crippen LogP contribution is -2.24. The number of benzene rings is 1. The first-order valence-electron chi connectivity index (χ1n) is 11.0. The van der Waals surface area contributed by atoms with Gasteiger partial charge in [-0.2, -0.15) is 9.97 Å². The highest BCUT2D eigenvalue weighted by Crippen LogP contribution is 2.20. The van der Waals surface area contributed by atoms with Gasteiger partial charge in [0, 0.05) is 31.3 Å².